The van der Waals surface area contributed by atoms with E-state index in [1.165, 1.54) is 0 Å². The lowest BCUT2D eigenvalue weighted by atomic mass is 10.2. The van der Waals surface area contributed by atoms with E-state index in [0.717, 1.165) is 12.2 Å². The van der Waals surface area contributed by atoms with Gasteiger partial charge >= 0.3 is 0 Å². The summed E-state index contributed by atoms with van der Waals surface area (Å²) in [6.07, 6.45) is 4.69. The van der Waals surface area contributed by atoms with E-state index in [-0.39, 0.29) is 5.60 Å². The van der Waals surface area contributed by atoms with Gasteiger partial charge in [0.1, 0.15) is 5.60 Å². The van der Waals surface area contributed by atoms with Gasteiger partial charge in [-0.05, 0) is 34.1 Å². The van der Waals surface area contributed by atoms with Crippen LogP contribution >= 0.6 is 0 Å². The van der Waals surface area contributed by atoms with Crippen molar-refractivity contribution in [2.45, 2.75) is 46.6 Å². The third-order valence-electron chi connectivity index (χ3n) is 0.948. The molecular weight excluding hydrogens is 176 g/mol. The summed E-state index contributed by atoms with van der Waals surface area (Å²) in [5, 5.41) is 0. The SMILES string of the molecule is C=C(C)OC(C)(C)C.CC/C=C/OC. The molecule has 0 bridgehead atoms. The van der Waals surface area contributed by atoms with Crippen molar-refractivity contribution < 1.29 is 9.47 Å². The first-order valence-electron chi connectivity index (χ1n) is 4.85. The first-order valence-corrected chi connectivity index (χ1v) is 4.85. The average molecular weight is 200 g/mol. The van der Waals surface area contributed by atoms with Crippen molar-refractivity contribution in [1.29, 1.82) is 0 Å². The second-order valence-corrected chi connectivity index (χ2v) is 3.93. The van der Waals surface area contributed by atoms with Gasteiger partial charge in [-0.1, -0.05) is 19.6 Å². The molecule has 0 unspecified atom stereocenters. The van der Waals surface area contributed by atoms with E-state index in [1.54, 1.807) is 13.4 Å². The fourth-order valence-electron chi connectivity index (χ4n) is 0.715. The maximum absolute atomic E-state index is 5.24. The summed E-state index contributed by atoms with van der Waals surface area (Å²) in [7, 11) is 1.64. The molecule has 0 radical (unpaired) electrons. The Labute approximate surface area is 88.6 Å². The quantitative estimate of drug-likeness (QED) is 0.643. The molecule has 0 spiro atoms. The zero-order valence-corrected chi connectivity index (χ0v) is 10.4. The summed E-state index contributed by atoms with van der Waals surface area (Å²) in [6.45, 7) is 13.5. The molecule has 0 aromatic rings. The largest absolute Gasteiger partial charge is 0.505 e. The maximum Gasteiger partial charge on any atom is 0.100 e. The van der Waals surface area contributed by atoms with Crippen molar-refractivity contribution in [3.05, 3.63) is 24.7 Å². The fraction of sp³-hybridized carbons (Fsp3) is 0.667. The van der Waals surface area contributed by atoms with Crippen LogP contribution in [0.5, 0.6) is 0 Å². The molecule has 0 N–H and O–H groups in total. The lowest BCUT2D eigenvalue weighted by Gasteiger charge is -2.20. The Kier molecular flexibility index (Phi) is 9.63. The summed E-state index contributed by atoms with van der Waals surface area (Å²) in [4.78, 5) is 0. The van der Waals surface area contributed by atoms with Crippen LogP contribution in [0.2, 0.25) is 0 Å². The van der Waals surface area contributed by atoms with Gasteiger partial charge in [-0.2, -0.15) is 0 Å². The van der Waals surface area contributed by atoms with Crippen LogP contribution in [-0.2, 0) is 9.47 Å². The van der Waals surface area contributed by atoms with Gasteiger partial charge in [-0.15, -0.1) is 0 Å². The zero-order valence-electron chi connectivity index (χ0n) is 10.4. The van der Waals surface area contributed by atoms with E-state index in [4.69, 9.17) is 4.74 Å². The lowest BCUT2D eigenvalue weighted by Crippen LogP contribution is -2.17. The first kappa shape index (κ1) is 15.5. The lowest BCUT2D eigenvalue weighted by molar-refractivity contribution is 0.0544. The molecule has 0 aliphatic carbocycles. The van der Waals surface area contributed by atoms with Crippen molar-refractivity contribution in [3.63, 3.8) is 0 Å². The molecule has 0 rings (SSSR count). The van der Waals surface area contributed by atoms with Crippen molar-refractivity contribution in [3.8, 4) is 0 Å². The minimum atomic E-state index is -0.0775. The van der Waals surface area contributed by atoms with Crippen LogP contribution < -0.4 is 0 Å². The van der Waals surface area contributed by atoms with Gasteiger partial charge in [0.05, 0.1) is 19.1 Å². The number of rotatable bonds is 3. The molecule has 0 amide bonds. The first-order chi connectivity index (χ1) is 6.33. The van der Waals surface area contributed by atoms with Crippen LogP contribution in [0.3, 0.4) is 0 Å². The fourth-order valence-corrected chi connectivity index (χ4v) is 0.715. The van der Waals surface area contributed by atoms with Crippen LogP contribution in [0.15, 0.2) is 24.7 Å². The second-order valence-electron chi connectivity index (χ2n) is 3.93. The molecule has 0 heterocycles. The van der Waals surface area contributed by atoms with Gasteiger partial charge in [0.15, 0.2) is 0 Å². The Morgan fingerprint density at radius 3 is 1.93 bits per heavy atom. The average Bonchev–Trinajstić information content (AvgIpc) is 1.97. The van der Waals surface area contributed by atoms with Gasteiger partial charge in [-0.3, -0.25) is 0 Å². The van der Waals surface area contributed by atoms with Gasteiger partial charge in [0.25, 0.3) is 0 Å². The predicted molar refractivity (Wildman–Crippen MR) is 62.1 cm³/mol. The summed E-state index contributed by atoms with van der Waals surface area (Å²) in [5.74, 6) is 0.775. The van der Waals surface area contributed by atoms with E-state index in [2.05, 4.69) is 18.2 Å². The zero-order chi connectivity index (χ0) is 11.6. The highest BCUT2D eigenvalue weighted by Crippen LogP contribution is 2.10. The third-order valence-corrected chi connectivity index (χ3v) is 0.948. The number of hydrogen-bond donors (Lipinski definition) is 0. The topological polar surface area (TPSA) is 18.5 Å². The Morgan fingerprint density at radius 1 is 1.36 bits per heavy atom. The highest BCUT2D eigenvalue weighted by Gasteiger charge is 2.08. The van der Waals surface area contributed by atoms with E-state index < -0.39 is 0 Å². The smallest absolute Gasteiger partial charge is 0.100 e. The molecule has 0 saturated heterocycles. The monoisotopic (exact) mass is 200 g/mol. The normalized spacial score (nSPS) is 10.4. The summed E-state index contributed by atoms with van der Waals surface area (Å²) >= 11 is 0. The van der Waals surface area contributed by atoms with Gasteiger partial charge in [0, 0.05) is 0 Å². The Balaban J connectivity index is 0. The molecule has 0 aliphatic heterocycles. The Bertz CT molecular complexity index is 158. The molecule has 84 valence electrons. The van der Waals surface area contributed by atoms with Crippen molar-refractivity contribution in [2.75, 3.05) is 7.11 Å². The minimum absolute atomic E-state index is 0.0775. The number of ether oxygens (including phenoxy) is 2. The van der Waals surface area contributed by atoms with Gasteiger partial charge in [0.2, 0.25) is 0 Å². The van der Waals surface area contributed by atoms with Crippen molar-refractivity contribution >= 4 is 0 Å². The number of methoxy groups -OCH3 is 1. The molecule has 2 nitrogen and oxygen atoms in total. The Morgan fingerprint density at radius 2 is 1.86 bits per heavy atom. The van der Waals surface area contributed by atoms with E-state index in [9.17, 15) is 0 Å². The maximum atomic E-state index is 5.24. The molecule has 0 saturated carbocycles. The molecule has 0 aliphatic rings. The van der Waals surface area contributed by atoms with Crippen LogP contribution in [0.25, 0.3) is 0 Å². The third kappa shape index (κ3) is 22.5. The molecule has 0 atom stereocenters. The number of hydrogen-bond acceptors (Lipinski definition) is 2. The van der Waals surface area contributed by atoms with Crippen LogP contribution in [0.4, 0.5) is 0 Å². The molecule has 0 aromatic carbocycles. The molecule has 0 aromatic heterocycles. The summed E-state index contributed by atoms with van der Waals surface area (Å²) < 4.78 is 9.84. The molecule has 0 fully saturated rings. The summed E-state index contributed by atoms with van der Waals surface area (Å²) in [5.41, 5.74) is -0.0775. The summed E-state index contributed by atoms with van der Waals surface area (Å²) in [6, 6.07) is 0. The van der Waals surface area contributed by atoms with Gasteiger partial charge < -0.3 is 9.47 Å². The molecular formula is C12H24O2. The van der Waals surface area contributed by atoms with Gasteiger partial charge in [-0.25, -0.2) is 0 Å². The molecule has 14 heavy (non-hydrogen) atoms. The van der Waals surface area contributed by atoms with Crippen LogP contribution in [0.1, 0.15) is 41.0 Å². The van der Waals surface area contributed by atoms with E-state index in [1.807, 2.05) is 33.8 Å². The molecule has 2 heteroatoms. The second kappa shape index (κ2) is 8.67. The Hall–Kier alpha value is -0.920. The highest BCUT2D eigenvalue weighted by molar-refractivity contribution is 4.78. The minimum Gasteiger partial charge on any atom is -0.505 e. The highest BCUT2D eigenvalue weighted by atomic mass is 16.5. The van der Waals surface area contributed by atoms with Crippen molar-refractivity contribution in [1.82, 2.24) is 0 Å². The van der Waals surface area contributed by atoms with Crippen LogP contribution in [-0.4, -0.2) is 12.7 Å². The predicted octanol–water partition coefficient (Wildman–Crippen LogP) is 3.89. The van der Waals surface area contributed by atoms with Crippen LogP contribution in [0, 0.1) is 0 Å². The standard InChI is InChI=1S/C7H14O.C5H10O/c1-6(2)8-7(3,4)5;1-3-4-5-6-2/h1H2,2-5H3;4-5H,3H2,1-2H3/b;5-4+. The number of allylic oxidation sites excluding steroid dienone is 2. The van der Waals surface area contributed by atoms with Crippen molar-refractivity contribution in [2.24, 2.45) is 0 Å². The van der Waals surface area contributed by atoms with E-state index >= 15 is 0 Å². The van der Waals surface area contributed by atoms with E-state index in [0.29, 0.717) is 0 Å².